The number of hydrogen-bond acceptors (Lipinski definition) is 3. The van der Waals surface area contributed by atoms with Crippen molar-refractivity contribution >= 4 is 23.5 Å². The van der Waals surface area contributed by atoms with Crippen LogP contribution in [0.15, 0.2) is 29.2 Å². The van der Waals surface area contributed by atoms with Crippen molar-refractivity contribution in [1.29, 1.82) is 0 Å². The van der Waals surface area contributed by atoms with Gasteiger partial charge in [0.25, 0.3) is 0 Å². The second kappa shape index (κ2) is 7.40. The highest BCUT2D eigenvalue weighted by Crippen LogP contribution is 2.32. The Balaban J connectivity index is 2.46. The Labute approximate surface area is 119 Å². The number of carbonyl (C=O) groups excluding carboxylic acids is 1. The molecule has 0 radical (unpaired) electrons. The Morgan fingerprint density at radius 3 is 2.42 bits per heavy atom. The Morgan fingerprint density at radius 1 is 1.26 bits per heavy atom. The molecule has 0 heterocycles. The molecule has 0 unspecified atom stereocenters. The van der Waals surface area contributed by atoms with E-state index < -0.39 is 0 Å². The standard InChI is InChI=1S/C14H22N2O2S/c1-14(2,3)19-12-7-5-11(6-8-12)16-13(18)15-9-4-10-17/h5-8,17H,4,9-10H2,1-3H3,(H2,15,16,18). The predicted molar refractivity (Wildman–Crippen MR) is 80.8 cm³/mol. The summed E-state index contributed by atoms with van der Waals surface area (Å²) in [5, 5.41) is 14.0. The number of anilines is 1. The van der Waals surface area contributed by atoms with E-state index in [-0.39, 0.29) is 17.4 Å². The second-order valence-electron chi connectivity index (χ2n) is 5.20. The number of hydrogen-bond donors (Lipinski definition) is 3. The number of aliphatic hydroxyl groups is 1. The molecular weight excluding hydrogens is 260 g/mol. The summed E-state index contributed by atoms with van der Waals surface area (Å²) >= 11 is 1.79. The maximum atomic E-state index is 11.5. The van der Waals surface area contributed by atoms with Gasteiger partial charge >= 0.3 is 6.03 Å². The van der Waals surface area contributed by atoms with E-state index in [1.165, 1.54) is 4.90 Å². The third kappa shape index (κ3) is 7.08. The van der Waals surface area contributed by atoms with Crippen LogP contribution < -0.4 is 10.6 Å². The van der Waals surface area contributed by atoms with Gasteiger partial charge in [0, 0.05) is 28.5 Å². The van der Waals surface area contributed by atoms with E-state index in [1.807, 2.05) is 24.3 Å². The maximum absolute atomic E-state index is 11.5. The first kappa shape index (κ1) is 15.9. The van der Waals surface area contributed by atoms with Crippen LogP contribution in [-0.2, 0) is 0 Å². The molecule has 106 valence electrons. The highest BCUT2D eigenvalue weighted by Gasteiger charge is 2.11. The smallest absolute Gasteiger partial charge is 0.319 e. The zero-order chi connectivity index (χ0) is 14.3. The molecule has 0 saturated heterocycles. The summed E-state index contributed by atoms with van der Waals surface area (Å²) in [6, 6.07) is 7.53. The van der Waals surface area contributed by atoms with Crippen molar-refractivity contribution in [2.45, 2.75) is 36.8 Å². The summed E-state index contributed by atoms with van der Waals surface area (Å²) in [7, 11) is 0. The Morgan fingerprint density at radius 2 is 1.89 bits per heavy atom. The largest absolute Gasteiger partial charge is 0.396 e. The molecule has 0 aliphatic carbocycles. The highest BCUT2D eigenvalue weighted by atomic mass is 32.2. The van der Waals surface area contributed by atoms with Crippen LogP contribution in [0.2, 0.25) is 0 Å². The van der Waals surface area contributed by atoms with E-state index in [1.54, 1.807) is 11.8 Å². The van der Waals surface area contributed by atoms with Gasteiger partial charge in [-0.3, -0.25) is 0 Å². The molecule has 5 heteroatoms. The zero-order valence-corrected chi connectivity index (χ0v) is 12.5. The van der Waals surface area contributed by atoms with Crippen LogP contribution in [-0.4, -0.2) is 29.0 Å². The number of urea groups is 1. The van der Waals surface area contributed by atoms with Gasteiger partial charge in [-0.2, -0.15) is 0 Å². The van der Waals surface area contributed by atoms with E-state index in [2.05, 4.69) is 31.4 Å². The van der Waals surface area contributed by atoms with E-state index >= 15 is 0 Å². The first-order chi connectivity index (χ1) is 8.90. The molecule has 0 aromatic heterocycles. The number of rotatable bonds is 5. The van der Waals surface area contributed by atoms with Crippen molar-refractivity contribution in [3.8, 4) is 0 Å². The molecule has 4 nitrogen and oxygen atoms in total. The molecule has 0 aliphatic rings. The van der Waals surface area contributed by atoms with Crippen molar-refractivity contribution in [3.63, 3.8) is 0 Å². The molecular formula is C14H22N2O2S. The molecule has 1 rings (SSSR count). The SMILES string of the molecule is CC(C)(C)Sc1ccc(NC(=O)NCCCO)cc1. The van der Waals surface area contributed by atoms with Crippen LogP contribution in [0.5, 0.6) is 0 Å². The lowest BCUT2D eigenvalue weighted by Crippen LogP contribution is -2.29. The van der Waals surface area contributed by atoms with Crippen molar-refractivity contribution in [3.05, 3.63) is 24.3 Å². The quantitative estimate of drug-likeness (QED) is 0.574. The molecule has 0 fully saturated rings. The number of amides is 2. The fourth-order valence-corrected chi connectivity index (χ4v) is 2.40. The van der Waals surface area contributed by atoms with Crippen LogP contribution in [0.1, 0.15) is 27.2 Å². The Hall–Kier alpha value is -1.20. The molecule has 0 aliphatic heterocycles. The molecule has 3 N–H and O–H groups in total. The molecule has 0 spiro atoms. The number of aliphatic hydroxyl groups excluding tert-OH is 1. The van der Waals surface area contributed by atoms with Crippen molar-refractivity contribution in [2.24, 2.45) is 0 Å². The summed E-state index contributed by atoms with van der Waals surface area (Å²) in [6.45, 7) is 7.05. The molecule has 1 aromatic rings. The molecule has 0 bridgehead atoms. The molecule has 2 amide bonds. The van der Waals surface area contributed by atoms with Crippen molar-refractivity contribution < 1.29 is 9.90 Å². The number of thioether (sulfide) groups is 1. The van der Waals surface area contributed by atoms with Gasteiger partial charge in [-0.15, -0.1) is 11.8 Å². The van der Waals surface area contributed by atoms with Gasteiger partial charge in [-0.25, -0.2) is 4.79 Å². The topological polar surface area (TPSA) is 61.4 Å². The lowest BCUT2D eigenvalue weighted by Gasteiger charge is -2.17. The van der Waals surface area contributed by atoms with Gasteiger partial charge in [0.05, 0.1) is 0 Å². The van der Waals surface area contributed by atoms with Crippen LogP contribution in [0, 0.1) is 0 Å². The summed E-state index contributed by atoms with van der Waals surface area (Å²) in [6.07, 6.45) is 0.564. The zero-order valence-electron chi connectivity index (χ0n) is 11.7. The van der Waals surface area contributed by atoms with Gasteiger partial charge in [0.2, 0.25) is 0 Å². The lowest BCUT2D eigenvalue weighted by atomic mass is 10.3. The molecule has 0 atom stereocenters. The summed E-state index contributed by atoms with van der Waals surface area (Å²) in [4.78, 5) is 12.7. The van der Waals surface area contributed by atoms with Gasteiger partial charge in [0.15, 0.2) is 0 Å². The minimum absolute atomic E-state index is 0.0823. The van der Waals surface area contributed by atoms with Crippen LogP contribution in [0.3, 0.4) is 0 Å². The lowest BCUT2D eigenvalue weighted by molar-refractivity contribution is 0.249. The maximum Gasteiger partial charge on any atom is 0.319 e. The van der Waals surface area contributed by atoms with Crippen LogP contribution in [0.25, 0.3) is 0 Å². The summed E-state index contributed by atoms with van der Waals surface area (Å²) in [5.41, 5.74) is 0.764. The second-order valence-corrected chi connectivity index (χ2v) is 7.10. The van der Waals surface area contributed by atoms with Gasteiger partial charge < -0.3 is 15.7 Å². The van der Waals surface area contributed by atoms with Crippen LogP contribution in [0.4, 0.5) is 10.5 Å². The minimum atomic E-state index is -0.246. The monoisotopic (exact) mass is 282 g/mol. The Kier molecular flexibility index (Phi) is 6.18. The average Bonchev–Trinajstić information content (AvgIpc) is 2.30. The van der Waals surface area contributed by atoms with Crippen molar-refractivity contribution in [2.75, 3.05) is 18.5 Å². The first-order valence-corrected chi connectivity index (χ1v) is 7.17. The van der Waals surface area contributed by atoms with E-state index in [0.717, 1.165) is 5.69 Å². The van der Waals surface area contributed by atoms with E-state index in [4.69, 9.17) is 5.11 Å². The van der Waals surface area contributed by atoms with E-state index in [0.29, 0.717) is 13.0 Å². The minimum Gasteiger partial charge on any atom is -0.396 e. The normalized spacial score (nSPS) is 11.2. The summed E-state index contributed by atoms with van der Waals surface area (Å²) in [5.74, 6) is 0. The first-order valence-electron chi connectivity index (χ1n) is 6.35. The van der Waals surface area contributed by atoms with E-state index in [9.17, 15) is 4.79 Å². The molecule has 19 heavy (non-hydrogen) atoms. The van der Waals surface area contributed by atoms with Gasteiger partial charge in [-0.1, -0.05) is 20.8 Å². The fraction of sp³-hybridized carbons (Fsp3) is 0.500. The third-order valence-corrected chi connectivity index (χ3v) is 3.28. The van der Waals surface area contributed by atoms with Gasteiger partial charge in [0.1, 0.15) is 0 Å². The molecule has 0 saturated carbocycles. The number of benzene rings is 1. The average molecular weight is 282 g/mol. The van der Waals surface area contributed by atoms with Crippen molar-refractivity contribution in [1.82, 2.24) is 5.32 Å². The third-order valence-electron chi connectivity index (χ3n) is 2.16. The highest BCUT2D eigenvalue weighted by molar-refractivity contribution is 8.00. The van der Waals surface area contributed by atoms with Crippen LogP contribution >= 0.6 is 11.8 Å². The molecule has 1 aromatic carbocycles. The Bertz CT molecular complexity index is 399. The fourth-order valence-electron chi connectivity index (χ4n) is 1.42. The summed E-state index contributed by atoms with van der Waals surface area (Å²) < 4.78 is 0.177. The number of carbonyl (C=O) groups is 1. The van der Waals surface area contributed by atoms with Gasteiger partial charge in [-0.05, 0) is 30.7 Å². The number of nitrogens with one attached hydrogen (secondary N) is 2. The predicted octanol–water partition coefficient (Wildman–Crippen LogP) is 3.08.